The molecule has 0 aliphatic heterocycles. The van der Waals surface area contributed by atoms with Gasteiger partial charge >= 0.3 is 12.1 Å². The topological polar surface area (TPSA) is 43.4 Å². The minimum absolute atomic E-state index is 0.116. The van der Waals surface area contributed by atoms with Crippen LogP contribution in [0.5, 0.6) is 0 Å². The van der Waals surface area contributed by atoms with E-state index in [4.69, 9.17) is 4.74 Å². The van der Waals surface area contributed by atoms with E-state index in [9.17, 15) is 22.8 Å². The van der Waals surface area contributed by atoms with Crippen LogP contribution in [0, 0.1) is 5.92 Å². The quantitative estimate of drug-likeness (QED) is 0.473. The number of carbonyl (C=O) groups is 2. The third-order valence-electron chi connectivity index (χ3n) is 2.77. The van der Waals surface area contributed by atoms with Gasteiger partial charge < -0.3 is 4.74 Å². The van der Waals surface area contributed by atoms with Gasteiger partial charge in [-0.05, 0) is 25.5 Å². The van der Waals surface area contributed by atoms with Crippen LogP contribution >= 0.6 is 0 Å². The highest BCUT2D eigenvalue weighted by Gasteiger charge is 2.32. The van der Waals surface area contributed by atoms with Gasteiger partial charge in [-0.1, -0.05) is 19.1 Å². The summed E-state index contributed by atoms with van der Waals surface area (Å²) in [5.74, 6) is -2.44. The second kappa shape index (κ2) is 6.54. The smallest absolute Gasteiger partial charge is 0.416 e. The highest BCUT2D eigenvalue weighted by atomic mass is 19.4. The maximum absolute atomic E-state index is 12.6. The van der Waals surface area contributed by atoms with Crippen LogP contribution in [-0.2, 0) is 15.7 Å². The summed E-state index contributed by atoms with van der Waals surface area (Å²) < 4.78 is 42.5. The van der Waals surface area contributed by atoms with Crippen molar-refractivity contribution in [1.29, 1.82) is 0 Å². The van der Waals surface area contributed by atoms with Crippen LogP contribution in [0.25, 0.3) is 0 Å². The summed E-state index contributed by atoms with van der Waals surface area (Å²) in [5.41, 5.74) is -1.05. The standard InChI is InChI=1S/C14H15F3O3/c1-3-11(13(19)20-4-2)12(18)9-6-5-7-10(8-9)14(15,16)17/h5-8,11H,3-4H2,1-2H3/t11-/m0/s1. The van der Waals surface area contributed by atoms with E-state index < -0.39 is 29.4 Å². The molecule has 0 aliphatic rings. The summed E-state index contributed by atoms with van der Waals surface area (Å²) in [5, 5.41) is 0. The molecule has 6 heteroatoms. The average molecular weight is 288 g/mol. The summed E-state index contributed by atoms with van der Waals surface area (Å²) in [4.78, 5) is 23.7. The minimum atomic E-state index is -4.53. The third-order valence-corrected chi connectivity index (χ3v) is 2.77. The lowest BCUT2D eigenvalue weighted by atomic mass is 9.94. The SMILES string of the molecule is CCOC(=O)[C@@H](CC)C(=O)c1cccc(C(F)(F)F)c1. The zero-order valence-corrected chi connectivity index (χ0v) is 11.2. The Labute approximate surface area is 114 Å². The van der Waals surface area contributed by atoms with E-state index in [0.717, 1.165) is 18.2 Å². The van der Waals surface area contributed by atoms with E-state index in [1.165, 1.54) is 6.07 Å². The molecule has 0 unspecified atom stereocenters. The van der Waals surface area contributed by atoms with Crippen LogP contribution in [0.1, 0.15) is 36.2 Å². The van der Waals surface area contributed by atoms with E-state index in [1.807, 2.05) is 0 Å². The fraction of sp³-hybridized carbons (Fsp3) is 0.429. The second-order valence-electron chi connectivity index (χ2n) is 4.16. The Hall–Kier alpha value is -1.85. The van der Waals surface area contributed by atoms with Gasteiger partial charge in [0.05, 0.1) is 12.2 Å². The molecule has 0 aromatic heterocycles. The molecule has 1 atom stereocenters. The van der Waals surface area contributed by atoms with Crippen molar-refractivity contribution in [3.8, 4) is 0 Å². The summed E-state index contributed by atoms with van der Waals surface area (Å²) in [7, 11) is 0. The largest absolute Gasteiger partial charge is 0.465 e. The van der Waals surface area contributed by atoms with E-state index in [2.05, 4.69) is 0 Å². The van der Waals surface area contributed by atoms with Gasteiger partial charge in [-0.3, -0.25) is 9.59 Å². The number of rotatable bonds is 5. The third kappa shape index (κ3) is 3.82. The fourth-order valence-electron chi connectivity index (χ4n) is 1.75. The van der Waals surface area contributed by atoms with Crippen molar-refractivity contribution in [1.82, 2.24) is 0 Å². The number of ketones is 1. The van der Waals surface area contributed by atoms with Crippen molar-refractivity contribution in [2.45, 2.75) is 26.4 Å². The first kappa shape index (κ1) is 16.2. The van der Waals surface area contributed by atoms with Crippen molar-refractivity contribution in [2.75, 3.05) is 6.61 Å². The fourth-order valence-corrected chi connectivity index (χ4v) is 1.75. The number of hydrogen-bond acceptors (Lipinski definition) is 3. The van der Waals surface area contributed by atoms with Gasteiger partial charge in [0.15, 0.2) is 5.78 Å². The molecule has 0 radical (unpaired) electrons. The Morgan fingerprint density at radius 3 is 2.40 bits per heavy atom. The van der Waals surface area contributed by atoms with Crippen LogP contribution in [0.2, 0.25) is 0 Å². The highest BCUT2D eigenvalue weighted by Crippen LogP contribution is 2.30. The van der Waals surface area contributed by atoms with Crippen molar-refractivity contribution < 1.29 is 27.5 Å². The van der Waals surface area contributed by atoms with Gasteiger partial charge in [-0.25, -0.2) is 0 Å². The molecule has 1 aromatic rings. The van der Waals surface area contributed by atoms with Crippen molar-refractivity contribution >= 4 is 11.8 Å². The van der Waals surface area contributed by atoms with Crippen molar-refractivity contribution in [3.05, 3.63) is 35.4 Å². The monoisotopic (exact) mass is 288 g/mol. The molecule has 3 nitrogen and oxygen atoms in total. The van der Waals surface area contributed by atoms with Gasteiger partial charge in [-0.15, -0.1) is 0 Å². The maximum Gasteiger partial charge on any atom is 0.416 e. The Morgan fingerprint density at radius 2 is 1.90 bits per heavy atom. The molecule has 110 valence electrons. The predicted octanol–water partition coefficient (Wildman–Crippen LogP) is 3.48. The molecular weight excluding hydrogens is 273 g/mol. The first-order valence-corrected chi connectivity index (χ1v) is 6.19. The van der Waals surface area contributed by atoms with E-state index >= 15 is 0 Å². The van der Waals surface area contributed by atoms with Crippen LogP contribution in [0.3, 0.4) is 0 Å². The Kier molecular flexibility index (Phi) is 5.30. The molecule has 1 rings (SSSR count). The summed E-state index contributed by atoms with van der Waals surface area (Å²) in [6.07, 6.45) is -4.35. The Bertz CT molecular complexity index is 495. The molecule has 0 aliphatic carbocycles. The molecular formula is C14H15F3O3. The number of Topliss-reactive ketones (excluding diaryl/α,β-unsaturated/α-hetero) is 1. The highest BCUT2D eigenvalue weighted by molar-refractivity contribution is 6.08. The molecule has 0 fully saturated rings. The van der Waals surface area contributed by atoms with Crippen LogP contribution < -0.4 is 0 Å². The van der Waals surface area contributed by atoms with Gasteiger partial charge in [0, 0.05) is 5.56 Å². The molecule has 0 amide bonds. The zero-order chi connectivity index (χ0) is 15.3. The molecule has 0 bridgehead atoms. The molecule has 0 saturated heterocycles. The normalized spacial score (nSPS) is 12.8. The maximum atomic E-state index is 12.6. The van der Waals surface area contributed by atoms with Crippen LogP contribution in [-0.4, -0.2) is 18.4 Å². The number of alkyl halides is 3. The molecule has 20 heavy (non-hydrogen) atoms. The number of ether oxygens (including phenoxy) is 1. The van der Waals surface area contributed by atoms with Crippen molar-refractivity contribution in [2.24, 2.45) is 5.92 Å². The number of carbonyl (C=O) groups excluding carboxylic acids is 2. The van der Waals surface area contributed by atoms with Crippen LogP contribution in [0.4, 0.5) is 13.2 Å². The second-order valence-corrected chi connectivity index (χ2v) is 4.16. The number of benzene rings is 1. The summed E-state index contributed by atoms with van der Waals surface area (Å²) in [6.45, 7) is 3.32. The van der Waals surface area contributed by atoms with E-state index in [0.29, 0.717) is 0 Å². The lowest BCUT2D eigenvalue weighted by Crippen LogP contribution is -2.26. The lowest BCUT2D eigenvalue weighted by molar-refractivity contribution is -0.146. The molecule has 0 spiro atoms. The first-order valence-electron chi connectivity index (χ1n) is 6.19. The van der Waals surface area contributed by atoms with Gasteiger partial charge in [-0.2, -0.15) is 13.2 Å². The number of halogens is 3. The Morgan fingerprint density at radius 1 is 1.25 bits per heavy atom. The molecule has 0 heterocycles. The van der Waals surface area contributed by atoms with Crippen LogP contribution in [0.15, 0.2) is 24.3 Å². The van der Waals surface area contributed by atoms with E-state index in [1.54, 1.807) is 13.8 Å². The van der Waals surface area contributed by atoms with Gasteiger partial charge in [0.2, 0.25) is 0 Å². The lowest BCUT2D eigenvalue weighted by Gasteiger charge is -2.13. The minimum Gasteiger partial charge on any atom is -0.465 e. The van der Waals surface area contributed by atoms with Gasteiger partial charge in [0.25, 0.3) is 0 Å². The number of esters is 1. The molecule has 0 N–H and O–H groups in total. The predicted molar refractivity (Wildman–Crippen MR) is 66.2 cm³/mol. The molecule has 0 saturated carbocycles. The van der Waals surface area contributed by atoms with Gasteiger partial charge in [0.1, 0.15) is 5.92 Å². The summed E-state index contributed by atoms with van der Waals surface area (Å²) >= 11 is 0. The average Bonchev–Trinajstić information content (AvgIpc) is 2.39. The molecule has 1 aromatic carbocycles. The van der Waals surface area contributed by atoms with Crippen molar-refractivity contribution in [3.63, 3.8) is 0 Å². The summed E-state index contributed by atoms with van der Waals surface area (Å²) in [6, 6.07) is 4.04. The van der Waals surface area contributed by atoms with E-state index in [-0.39, 0.29) is 18.6 Å². The Balaban J connectivity index is 3.04. The zero-order valence-electron chi connectivity index (χ0n) is 11.2. The first-order chi connectivity index (χ1) is 9.31. The number of hydrogen-bond donors (Lipinski definition) is 0.